The quantitative estimate of drug-likeness (QED) is 0.250. The van der Waals surface area contributed by atoms with Crippen molar-refractivity contribution in [1.82, 2.24) is 10.3 Å². The van der Waals surface area contributed by atoms with Gasteiger partial charge in [0, 0.05) is 12.6 Å². The number of carbonyl (C=O) groups excluding carboxylic acids is 1. The first-order chi connectivity index (χ1) is 18.1. The van der Waals surface area contributed by atoms with Crippen LogP contribution >= 0.6 is 11.6 Å². The molecule has 0 radical (unpaired) electrons. The molecule has 0 aliphatic carbocycles. The molecule has 1 heterocycles. The molecule has 0 unspecified atom stereocenters. The minimum absolute atomic E-state index is 0.0824. The van der Waals surface area contributed by atoms with Crippen molar-refractivity contribution in [2.75, 3.05) is 7.11 Å². The summed E-state index contributed by atoms with van der Waals surface area (Å²) in [4.78, 5) is 17.5. The number of hydrogen-bond donors (Lipinski definition) is 1. The molecule has 0 bridgehead atoms. The number of pyridine rings is 1. The van der Waals surface area contributed by atoms with Gasteiger partial charge in [0.1, 0.15) is 22.9 Å². The summed E-state index contributed by atoms with van der Waals surface area (Å²) in [5.41, 5.74) is -2.43. The largest absolute Gasteiger partial charge is 0.497 e. The summed E-state index contributed by atoms with van der Waals surface area (Å²) in [5, 5.41) is 2.94. The van der Waals surface area contributed by atoms with E-state index in [2.05, 4.69) is 10.3 Å². The van der Waals surface area contributed by atoms with Gasteiger partial charge in [0.05, 0.1) is 23.4 Å². The second-order valence-corrected chi connectivity index (χ2v) is 8.78. The first-order valence-electron chi connectivity index (χ1n) is 11.3. The van der Waals surface area contributed by atoms with Gasteiger partial charge in [-0.2, -0.15) is 13.2 Å². The summed E-state index contributed by atoms with van der Waals surface area (Å²) in [6.07, 6.45) is -4.63. The van der Waals surface area contributed by atoms with Crippen LogP contribution in [-0.4, -0.2) is 18.2 Å². The lowest BCUT2D eigenvalue weighted by atomic mass is 9.80. The van der Waals surface area contributed by atoms with Gasteiger partial charge in [0.2, 0.25) is 0 Å². The summed E-state index contributed by atoms with van der Waals surface area (Å²) in [7, 11) is 1.48. The van der Waals surface area contributed by atoms with Crippen LogP contribution in [0.4, 0.5) is 22.4 Å². The molecule has 38 heavy (non-hydrogen) atoms. The number of benzene rings is 3. The van der Waals surface area contributed by atoms with Gasteiger partial charge in [0.15, 0.2) is 0 Å². The fourth-order valence-corrected chi connectivity index (χ4v) is 4.11. The lowest BCUT2D eigenvalue weighted by molar-refractivity contribution is -0.137. The summed E-state index contributed by atoms with van der Waals surface area (Å²) in [5.74, 6) is -0.455. The van der Waals surface area contributed by atoms with E-state index >= 15 is 0 Å². The number of carbonyl (C=O) groups is 1. The fraction of sp³-hybridized carbons (Fsp3) is 0.143. The van der Waals surface area contributed by atoms with Gasteiger partial charge < -0.3 is 14.8 Å². The second kappa shape index (κ2) is 11.1. The number of hydrogen-bond acceptors (Lipinski definition) is 4. The van der Waals surface area contributed by atoms with Crippen LogP contribution in [0.2, 0.25) is 5.02 Å². The molecule has 1 N–H and O–H groups in total. The Kier molecular flexibility index (Phi) is 7.87. The van der Waals surface area contributed by atoms with Crippen LogP contribution in [0.15, 0.2) is 91.1 Å². The normalized spacial score (nSPS) is 12.9. The number of methoxy groups -OCH3 is 1. The average Bonchev–Trinajstić information content (AvgIpc) is 2.89. The molecule has 0 aliphatic rings. The number of aromatic nitrogens is 1. The minimum Gasteiger partial charge on any atom is -0.497 e. The molecule has 1 amide bonds. The predicted molar refractivity (Wildman–Crippen MR) is 134 cm³/mol. The molecule has 10 heteroatoms. The summed E-state index contributed by atoms with van der Waals surface area (Å²) < 4.78 is 66.3. The number of amides is 1. The van der Waals surface area contributed by atoms with E-state index < -0.39 is 29.2 Å². The highest BCUT2D eigenvalue weighted by Gasteiger charge is 2.41. The summed E-state index contributed by atoms with van der Waals surface area (Å²) in [6, 6.07) is 19.9. The maximum Gasteiger partial charge on any atom is 0.416 e. The molecule has 196 valence electrons. The third-order valence-electron chi connectivity index (χ3n) is 5.78. The topological polar surface area (TPSA) is 60.5 Å². The van der Waals surface area contributed by atoms with Crippen molar-refractivity contribution < 1.29 is 31.8 Å². The van der Waals surface area contributed by atoms with E-state index in [-0.39, 0.29) is 28.5 Å². The van der Waals surface area contributed by atoms with Crippen molar-refractivity contribution in [2.45, 2.75) is 18.1 Å². The van der Waals surface area contributed by atoms with Crippen molar-refractivity contribution >= 4 is 17.7 Å². The number of nitrogens with zero attached hydrogens (tertiary/aromatic N) is 1. The highest BCUT2D eigenvalue weighted by atomic mass is 35.5. The average molecular weight is 545 g/mol. The van der Waals surface area contributed by atoms with Crippen molar-refractivity contribution in [2.24, 2.45) is 0 Å². The lowest BCUT2D eigenvalue weighted by Gasteiger charge is -2.35. The molecule has 0 spiro atoms. The van der Waals surface area contributed by atoms with E-state index in [1.54, 1.807) is 42.5 Å². The van der Waals surface area contributed by atoms with Crippen molar-refractivity contribution in [3.8, 4) is 11.5 Å². The van der Waals surface area contributed by atoms with Crippen LogP contribution in [0.5, 0.6) is 11.5 Å². The first-order valence-corrected chi connectivity index (χ1v) is 11.6. The standard InChI is InChI=1S/C28H21ClF4N2O3/c1-37-23-8-10-24(11-9-23)38-26(36)35-27(16-18-5-3-2-4-6-18,25-12-7-21(29)17-34-25)19-13-20(28(31,32)33)15-22(30)14-19/h2-15,17H,16H2,1H3,(H,35,36)/t27-/m0/s1. The molecule has 3 aromatic carbocycles. The number of nitrogens with one attached hydrogen (secondary N) is 1. The minimum atomic E-state index is -4.84. The summed E-state index contributed by atoms with van der Waals surface area (Å²) >= 11 is 6.02. The molecule has 1 aromatic heterocycles. The van der Waals surface area contributed by atoms with Crippen LogP contribution in [0.3, 0.4) is 0 Å². The van der Waals surface area contributed by atoms with E-state index in [4.69, 9.17) is 21.1 Å². The summed E-state index contributed by atoms with van der Waals surface area (Å²) in [6.45, 7) is 0. The Labute approximate surface area is 221 Å². The monoisotopic (exact) mass is 544 g/mol. The van der Waals surface area contributed by atoms with Gasteiger partial charge in [-0.15, -0.1) is 0 Å². The number of alkyl halides is 3. The van der Waals surface area contributed by atoms with Crippen LogP contribution in [0.25, 0.3) is 0 Å². The lowest BCUT2D eigenvalue weighted by Crippen LogP contribution is -2.50. The van der Waals surface area contributed by atoms with E-state index in [1.165, 1.54) is 37.6 Å². The first kappa shape index (κ1) is 26.9. The van der Waals surface area contributed by atoms with E-state index in [0.29, 0.717) is 17.4 Å². The predicted octanol–water partition coefficient (Wildman–Crippen LogP) is 7.18. The van der Waals surface area contributed by atoms with E-state index in [0.717, 1.165) is 12.1 Å². The maximum absolute atomic E-state index is 14.7. The van der Waals surface area contributed by atoms with Crippen molar-refractivity contribution in [1.29, 1.82) is 0 Å². The van der Waals surface area contributed by atoms with Gasteiger partial charge in [-0.3, -0.25) is 4.98 Å². The smallest absolute Gasteiger partial charge is 0.416 e. The zero-order valence-corrected chi connectivity index (χ0v) is 20.7. The molecule has 4 rings (SSSR count). The SMILES string of the molecule is COc1ccc(OC(=O)N[C@@](Cc2ccccc2)(c2cc(F)cc(C(F)(F)F)c2)c2ccc(Cl)cn2)cc1. The van der Waals surface area contributed by atoms with Crippen molar-refractivity contribution in [3.63, 3.8) is 0 Å². The Hall–Kier alpha value is -4.11. The number of ether oxygens (including phenoxy) is 2. The molecule has 4 aromatic rings. The highest BCUT2D eigenvalue weighted by Crippen LogP contribution is 2.38. The maximum atomic E-state index is 14.7. The molecule has 0 saturated carbocycles. The molecular weight excluding hydrogens is 524 g/mol. The Morgan fingerprint density at radius 1 is 0.921 bits per heavy atom. The van der Waals surface area contributed by atoms with E-state index in [1.807, 2.05) is 0 Å². The van der Waals surface area contributed by atoms with E-state index in [9.17, 15) is 22.4 Å². The molecule has 1 atom stereocenters. The van der Waals surface area contributed by atoms with Gasteiger partial charge in [-0.05, 0) is 65.7 Å². The Bertz CT molecular complexity index is 1400. The van der Waals surface area contributed by atoms with Crippen LogP contribution in [0.1, 0.15) is 22.4 Å². The Balaban J connectivity index is 1.87. The molecule has 0 fully saturated rings. The highest BCUT2D eigenvalue weighted by molar-refractivity contribution is 6.30. The van der Waals surface area contributed by atoms with Crippen LogP contribution in [0, 0.1) is 5.82 Å². The Morgan fingerprint density at radius 2 is 1.58 bits per heavy atom. The molecule has 5 nitrogen and oxygen atoms in total. The van der Waals surface area contributed by atoms with Gasteiger partial charge in [-0.1, -0.05) is 41.9 Å². The third-order valence-corrected chi connectivity index (χ3v) is 6.00. The van der Waals surface area contributed by atoms with Gasteiger partial charge in [0.25, 0.3) is 0 Å². The van der Waals surface area contributed by atoms with Crippen LogP contribution in [-0.2, 0) is 18.1 Å². The number of halogens is 5. The van der Waals surface area contributed by atoms with Crippen LogP contribution < -0.4 is 14.8 Å². The van der Waals surface area contributed by atoms with Gasteiger partial charge in [-0.25, -0.2) is 9.18 Å². The zero-order chi connectivity index (χ0) is 27.3. The van der Waals surface area contributed by atoms with Gasteiger partial charge >= 0.3 is 12.3 Å². The third kappa shape index (κ3) is 6.23. The molecule has 0 aliphatic heterocycles. The second-order valence-electron chi connectivity index (χ2n) is 8.35. The molecule has 0 saturated heterocycles. The Morgan fingerprint density at radius 3 is 2.18 bits per heavy atom. The zero-order valence-electron chi connectivity index (χ0n) is 19.9. The fourth-order valence-electron chi connectivity index (χ4n) is 4.00. The molecular formula is C28H21ClF4N2O3. The van der Waals surface area contributed by atoms with Crippen molar-refractivity contribution in [3.05, 3.63) is 124 Å². The number of rotatable bonds is 7.